The van der Waals surface area contributed by atoms with E-state index in [2.05, 4.69) is 5.32 Å². The third-order valence-electron chi connectivity index (χ3n) is 3.94. The predicted octanol–water partition coefficient (Wildman–Crippen LogP) is 2.92. The normalized spacial score (nSPS) is 16.6. The molecule has 0 aromatic carbocycles. The summed E-state index contributed by atoms with van der Waals surface area (Å²) in [6.07, 6.45) is 11.2. The van der Waals surface area contributed by atoms with Crippen LogP contribution in [0.15, 0.2) is 18.5 Å². The van der Waals surface area contributed by atoms with Gasteiger partial charge in [-0.2, -0.15) is 0 Å². The maximum atomic E-state index is 12.0. The molecule has 0 spiro atoms. The molecule has 0 atom stereocenters. The molecule has 0 unspecified atom stereocenters. The molecule has 1 N–H and O–H groups in total. The number of hydrogen-bond donors (Lipinski definition) is 1. The summed E-state index contributed by atoms with van der Waals surface area (Å²) in [6, 6.07) is 2.11. The van der Waals surface area contributed by atoms with Crippen molar-refractivity contribution in [1.29, 1.82) is 0 Å². The van der Waals surface area contributed by atoms with E-state index < -0.39 is 0 Å². The molecule has 2 rings (SSSR count). The molecule has 0 radical (unpaired) electrons. The van der Waals surface area contributed by atoms with Gasteiger partial charge in [-0.05, 0) is 18.9 Å². The van der Waals surface area contributed by atoms with E-state index in [9.17, 15) is 9.59 Å². The fraction of sp³-hybridized carbons (Fsp3) is 0.625. The summed E-state index contributed by atoms with van der Waals surface area (Å²) in [5, 5.41) is 3.12. The minimum absolute atomic E-state index is 0.0444. The van der Waals surface area contributed by atoms with E-state index in [-0.39, 0.29) is 11.7 Å². The van der Waals surface area contributed by atoms with Crippen molar-refractivity contribution in [3.05, 3.63) is 24.0 Å². The first kappa shape index (κ1) is 14.8. The van der Waals surface area contributed by atoms with Gasteiger partial charge in [-0.15, -0.1) is 0 Å². The van der Waals surface area contributed by atoms with Crippen molar-refractivity contribution in [3.63, 3.8) is 0 Å². The van der Waals surface area contributed by atoms with Gasteiger partial charge in [0.05, 0.1) is 0 Å². The lowest BCUT2D eigenvalue weighted by Gasteiger charge is -2.16. The Morgan fingerprint density at radius 3 is 2.60 bits per heavy atom. The van der Waals surface area contributed by atoms with Crippen molar-refractivity contribution >= 4 is 11.7 Å². The number of nitrogens with zero attached hydrogens (tertiary/aromatic N) is 1. The number of nitrogens with one attached hydrogen (secondary N) is 1. The summed E-state index contributed by atoms with van der Waals surface area (Å²) in [7, 11) is 0. The lowest BCUT2D eigenvalue weighted by atomic mass is 10.1. The Balaban J connectivity index is 1.84. The van der Waals surface area contributed by atoms with Gasteiger partial charge in [0.2, 0.25) is 5.91 Å². The Labute approximate surface area is 120 Å². The van der Waals surface area contributed by atoms with Crippen molar-refractivity contribution in [3.8, 4) is 0 Å². The van der Waals surface area contributed by atoms with Crippen LogP contribution in [-0.2, 0) is 11.3 Å². The van der Waals surface area contributed by atoms with E-state index in [0.29, 0.717) is 24.6 Å². The molecule has 1 aromatic heterocycles. The van der Waals surface area contributed by atoms with Gasteiger partial charge >= 0.3 is 0 Å². The Kier molecular flexibility index (Phi) is 5.39. The molecule has 20 heavy (non-hydrogen) atoms. The standard InChI is InChI=1S/C16H24N2O2/c1-2-15(19)13-9-10-18(11-13)12-16(20)17-14-7-5-3-4-6-8-14/h9-11,14H,2-8,12H2,1H3,(H,17,20). The van der Waals surface area contributed by atoms with Gasteiger partial charge in [0, 0.05) is 30.4 Å². The van der Waals surface area contributed by atoms with Crippen molar-refractivity contribution in [2.75, 3.05) is 0 Å². The molecule has 4 heteroatoms. The highest BCUT2D eigenvalue weighted by molar-refractivity contribution is 5.95. The molecular weight excluding hydrogens is 252 g/mol. The molecular formula is C16H24N2O2. The van der Waals surface area contributed by atoms with Crippen molar-refractivity contribution < 1.29 is 9.59 Å². The van der Waals surface area contributed by atoms with Crippen LogP contribution in [0.1, 0.15) is 62.2 Å². The summed E-state index contributed by atoms with van der Waals surface area (Å²) in [4.78, 5) is 23.6. The number of hydrogen-bond acceptors (Lipinski definition) is 2. The molecule has 1 aliphatic rings. The summed E-state index contributed by atoms with van der Waals surface area (Å²) in [5.74, 6) is 0.163. The van der Waals surface area contributed by atoms with E-state index in [4.69, 9.17) is 0 Å². The van der Waals surface area contributed by atoms with E-state index in [1.54, 1.807) is 23.0 Å². The highest BCUT2D eigenvalue weighted by atomic mass is 16.2. The second-order valence-electron chi connectivity index (χ2n) is 5.61. The molecule has 0 bridgehead atoms. The van der Waals surface area contributed by atoms with Crippen LogP contribution in [-0.4, -0.2) is 22.3 Å². The summed E-state index contributed by atoms with van der Waals surface area (Å²) in [5.41, 5.74) is 0.690. The van der Waals surface area contributed by atoms with Crippen LogP contribution in [0, 0.1) is 0 Å². The lowest BCUT2D eigenvalue weighted by molar-refractivity contribution is -0.122. The number of rotatable bonds is 5. The molecule has 1 aromatic rings. The number of ketones is 1. The number of aromatic nitrogens is 1. The summed E-state index contributed by atoms with van der Waals surface area (Å²) in [6.45, 7) is 2.14. The molecule has 0 aliphatic heterocycles. The monoisotopic (exact) mass is 276 g/mol. The zero-order valence-electron chi connectivity index (χ0n) is 12.2. The molecule has 0 saturated heterocycles. The van der Waals surface area contributed by atoms with Gasteiger partial charge in [0.25, 0.3) is 0 Å². The third kappa shape index (κ3) is 4.22. The van der Waals surface area contributed by atoms with Crippen LogP contribution < -0.4 is 5.32 Å². The van der Waals surface area contributed by atoms with Gasteiger partial charge in [-0.3, -0.25) is 9.59 Å². The van der Waals surface area contributed by atoms with Crippen LogP contribution in [0.4, 0.5) is 0 Å². The van der Waals surface area contributed by atoms with Crippen LogP contribution in [0.3, 0.4) is 0 Å². The molecule has 4 nitrogen and oxygen atoms in total. The van der Waals surface area contributed by atoms with Crippen LogP contribution >= 0.6 is 0 Å². The first-order valence-electron chi connectivity index (χ1n) is 7.67. The average Bonchev–Trinajstić information content (AvgIpc) is 2.74. The van der Waals surface area contributed by atoms with Crippen molar-refractivity contribution in [2.24, 2.45) is 0 Å². The predicted molar refractivity (Wildman–Crippen MR) is 78.7 cm³/mol. The zero-order chi connectivity index (χ0) is 14.4. The van der Waals surface area contributed by atoms with Gasteiger partial charge in [0.1, 0.15) is 6.54 Å². The largest absolute Gasteiger partial charge is 0.352 e. The molecule has 110 valence electrons. The zero-order valence-corrected chi connectivity index (χ0v) is 12.2. The molecule has 1 aliphatic carbocycles. The number of Topliss-reactive ketones (excluding diaryl/α,β-unsaturated/α-hetero) is 1. The van der Waals surface area contributed by atoms with Crippen molar-refractivity contribution in [1.82, 2.24) is 9.88 Å². The van der Waals surface area contributed by atoms with Gasteiger partial charge < -0.3 is 9.88 Å². The summed E-state index contributed by atoms with van der Waals surface area (Å²) < 4.78 is 1.79. The van der Waals surface area contributed by atoms with Crippen LogP contribution in [0.5, 0.6) is 0 Å². The van der Waals surface area contributed by atoms with Crippen LogP contribution in [0.2, 0.25) is 0 Å². The highest BCUT2D eigenvalue weighted by Crippen LogP contribution is 2.17. The topological polar surface area (TPSA) is 51.1 Å². The second-order valence-corrected chi connectivity index (χ2v) is 5.61. The minimum atomic E-state index is 0.0444. The van der Waals surface area contributed by atoms with Crippen molar-refractivity contribution in [2.45, 2.75) is 64.5 Å². The Hall–Kier alpha value is -1.58. The molecule has 1 saturated carbocycles. The third-order valence-corrected chi connectivity index (χ3v) is 3.94. The molecule has 1 heterocycles. The first-order chi connectivity index (χ1) is 9.69. The van der Waals surface area contributed by atoms with E-state index in [1.165, 1.54) is 25.7 Å². The molecule has 1 amide bonds. The molecule has 1 fully saturated rings. The smallest absolute Gasteiger partial charge is 0.240 e. The Bertz CT molecular complexity index is 457. The minimum Gasteiger partial charge on any atom is -0.352 e. The van der Waals surface area contributed by atoms with E-state index in [1.807, 2.05) is 6.92 Å². The maximum Gasteiger partial charge on any atom is 0.240 e. The first-order valence-corrected chi connectivity index (χ1v) is 7.67. The quantitative estimate of drug-likeness (QED) is 0.664. The summed E-state index contributed by atoms with van der Waals surface area (Å²) >= 11 is 0. The number of amides is 1. The lowest BCUT2D eigenvalue weighted by Crippen LogP contribution is -2.36. The van der Waals surface area contributed by atoms with Crippen LogP contribution in [0.25, 0.3) is 0 Å². The average molecular weight is 276 g/mol. The van der Waals surface area contributed by atoms with E-state index in [0.717, 1.165) is 12.8 Å². The fourth-order valence-electron chi connectivity index (χ4n) is 2.77. The highest BCUT2D eigenvalue weighted by Gasteiger charge is 2.15. The number of carbonyl (C=O) groups is 2. The van der Waals surface area contributed by atoms with E-state index >= 15 is 0 Å². The fourth-order valence-corrected chi connectivity index (χ4v) is 2.77. The Morgan fingerprint density at radius 1 is 1.25 bits per heavy atom. The van der Waals surface area contributed by atoms with Gasteiger partial charge in [-0.1, -0.05) is 32.6 Å². The number of carbonyl (C=O) groups excluding carboxylic acids is 2. The second kappa shape index (κ2) is 7.27. The van der Waals surface area contributed by atoms with Gasteiger partial charge in [0.15, 0.2) is 5.78 Å². The van der Waals surface area contributed by atoms with Gasteiger partial charge in [-0.25, -0.2) is 0 Å². The SMILES string of the molecule is CCC(=O)c1ccn(CC(=O)NC2CCCCCC2)c1. The maximum absolute atomic E-state index is 12.0. The Morgan fingerprint density at radius 2 is 1.95 bits per heavy atom.